The van der Waals surface area contributed by atoms with Gasteiger partial charge in [-0.3, -0.25) is 4.98 Å². The number of nitrogens with one attached hydrogen (secondary N) is 1. The maximum atomic E-state index is 14.9. The van der Waals surface area contributed by atoms with Gasteiger partial charge in [0.05, 0.1) is 32.1 Å². The number of aromatic nitrogens is 2. The van der Waals surface area contributed by atoms with Crippen molar-refractivity contribution >= 4 is 41.5 Å². The van der Waals surface area contributed by atoms with E-state index >= 15 is 0 Å². The lowest BCUT2D eigenvalue weighted by Gasteiger charge is -2.18. The fraction of sp³-hybridized carbons (Fsp3) is 0.333. The smallest absolute Gasteiger partial charge is 0.356 e. The molecule has 1 aromatic carbocycles. The van der Waals surface area contributed by atoms with Crippen LogP contribution in [0, 0.1) is 5.82 Å². The van der Waals surface area contributed by atoms with E-state index in [0.29, 0.717) is 17.1 Å². The molecule has 2 aromatic heterocycles. The van der Waals surface area contributed by atoms with Gasteiger partial charge in [0.15, 0.2) is 5.69 Å². The zero-order valence-corrected chi connectivity index (χ0v) is 17.5. The first-order valence-electron chi connectivity index (χ1n) is 9.44. The summed E-state index contributed by atoms with van der Waals surface area (Å²) in [6.07, 6.45) is 5.43. The molecule has 0 radical (unpaired) electrons. The van der Waals surface area contributed by atoms with Crippen LogP contribution in [0.15, 0.2) is 36.7 Å². The van der Waals surface area contributed by atoms with Crippen LogP contribution < -0.4 is 10.5 Å². The number of benzene rings is 1. The van der Waals surface area contributed by atoms with Crippen LogP contribution in [0.5, 0.6) is 0 Å². The second-order valence-corrected chi connectivity index (χ2v) is 13.4. The summed E-state index contributed by atoms with van der Waals surface area (Å²) in [4.78, 5) is 16.8. The molecular formula is C21H24FN3O2Si. The second kappa shape index (κ2) is 6.74. The van der Waals surface area contributed by atoms with Gasteiger partial charge in [-0.25, -0.2) is 9.18 Å². The average Bonchev–Trinajstić information content (AvgIpc) is 3.45. The minimum absolute atomic E-state index is 0.258. The van der Waals surface area contributed by atoms with Gasteiger partial charge in [0.2, 0.25) is 0 Å². The Morgan fingerprint density at radius 1 is 1.29 bits per heavy atom. The normalized spacial score (nSPS) is 14.3. The van der Waals surface area contributed by atoms with Crippen molar-refractivity contribution in [2.45, 2.75) is 38.5 Å². The van der Waals surface area contributed by atoms with Gasteiger partial charge in [-0.15, -0.1) is 0 Å². The van der Waals surface area contributed by atoms with Crippen molar-refractivity contribution in [3.63, 3.8) is 0 Å². The summed E-state index contributed by atoms with van der Waals surface area (Å²) in [5.41, 5.74) is 2.20. The van der Waals surface area contributed by atoms with Crippen molar-refractivity contribution in [3.05, 3.63) is 48.2 Å². The van der Waals surface area contributed by atoms with Crippen LogP contribution in [0.2, 0.25) is 19.6 Å². The van der Waals surface area contributed by atoms with E-state index in [9.17, 15) is 9.18 Å². The number of ether oxygens (including phenoxy) is 1. The number of hydrogen-bond acceptors (Lipinski definition) is 4. The highest BCUT2D eigenvalue weighted by atomic mass is 28.3. The number of carbonyl (C=O) groups excluding carboxylic acids is 1. The maximum Gasteiger partial charge on any atom is 0.356 e. The number of pyridine rings is 1. The van der Waals surface area contributed by atoms with E-state index in [-0.39, 0.29) is 11.9 Å². The van der Waals surface area contributed by atoms with Gasteiger partial charge >= 0.3 is 5.97 Å². The summed E-state index contributed by atoms with van der Waals surface area (Å²) < 4.78 is 21.9. The largest absolute Gasteiger partial charge is 0.464 e. The Bertz CT molecular complexity index is 1070. The van der Waals surface area contributed by atoms with E-state index in [4.69, 9.17) is 4.74 Å². The minimum Gasteiger partial charge on any atom is -0.464 e. The third-order valence-electron chi connectivity index (χ3n) is 5.19. The van der Waals surface area contributed by atoms with Gasteiger partial charge in [-0.2, -0.15) is 0 Å². The standard InChI is InChI=1S/C21H24FN3O2Si/c1-27-21(26)20-19(15-12-23-10-9-18(15)25(20)13-5-6-13)24-17-8-7-14(11-16(17)22)28(2,3)4/h7-13,24H,5-6H2,1-4H3. The molecule has 1 aliphatic carbocycles. The van der Waals surface area contributed by atoms with Crippen molar-refractivity contribution in [2.24, 2.45) is 0 Å². The van der Waals surface area contributed by atoms with E-state index < -0.39 is 14.0 Å². The molecule has 0 atom stereocenters. The van der Waals surface area contributed by atoms with E-state index in [2.05, 4.69) is 29.9 Å². The quantitative estimate of drug-likeness (QED) is 0.505. The Labute approximate surface area is 164 Å². The molecule has 5 nitrogen and oxygen atoms in total. The van der Waals surface area contributed by atoms with Crippen molar-refractivity contribution in [1.82, 2.24) is 9.55 Å². The highest BCUT2D eigenvalue weighted by molar-refractivity contribution is 6.88. The Kier molecular flexibility index (Phi) is 4.49. The fourth-order valence-electron chi connectivity index (χ4n) is 3.51. The van der Waals surface area contributed by atoms with E-state index in [1.807, 2.05) is 16.7 Å². The number of fused-ring (bicyclic) bond motifs is 1. The summed E-state index contributed by atoms with van der Waals surface area (Å²) in [7, 11) is -0.253. The molecule has 0 bridgehead atoms. The molecule has 1 aliphatic rings. The second-order valence-electron chi connectivity index (χ2n) is 8.28. The van der Waals surface area contributed by atoms with E-state index in [0.717, 1.165) is 28.9 Å². The summed E-state index contributed by atoms with van der Waals surface area (Å²) in [5.74, 6) is -0.767. The lowest BCUT2D eigenvalue weighted by molar-refractivity contribution is 0.0590. The van der Waals surface area contributed by atoms with Crippen LogP contribution in [-0.2, 0) is 4.74 Å². The van der Waals surface area contributed by atoms with E-state index in [1.165, 1.54) is 7.11 Å². The number of carbonyl (C=O) groups is 1. The van der Waals surface area contributed by atoms with Gasteiger partial charge in [0, 0.05) is 23.8 Å². The number of anilines is 2. The summed E-state index contributed by atoms with van der Waals surface area (Å²) in [6.45, 7) is 6.54. The lowest BCUT2D eigenvalue weighted by atomic mass is 10.2. The van der Waals surface area contributed by atoms with Gasteiger partial charge < -0.3 is 14.6 Å². The molecule has 146 valence electrons. The molecule has 1 fully saturated rings. The minimum atomic E-state index is -1.62. The third-order valence-corrected chi connectivity index (χ3v) is 7.23. The zero-order chi connectivity index (χ0) is 20.1. The summed E-state index contributed by atoms with van der Waals surface area (Å²) >= 11 is 0. The molecule has 4 rings (SSSR count). The Hall–Kier alpha value is -2.67. The first kappa shape index (κ1) is 18.7. The Balaban J connectivity index is 1.86. The highest BCUT2D eigenvalue weighted by Crippen LogP contribution is 2.44. The molecule has 0 spiro atoms. The monoisotopic (exact) mass is 397 g/mol. The van der Waals surface area contributed by atoms with Gasteiger partial charge in [0.25, 0.3) is 0 Å². The summed E-state index contributed by atoms with van der Waals surface area (Å²) in [5, 5.41) is 4.99. The molecule has 0 aliphatic heterocycles. The number of methoxy groups -OCH3 is 1. The maximum absolute atomic E-state index is 14.9. The number of esters is 1. The lowest BCUT2D eigenvalue weighted by Crippen LogP contribution is -2.37. The molecular weight excluding hydrogens is 373 g/mol. The Morgan fingerprint density at radius 3 is 2.64 bits per heavy atom. The van der Waals surface area contributed by atoms with Crippen LogP contribution in [0.1, 0.15) is 29.4 Å². The molecule has 0 unspecified atom stereocenters. The third kappa shape index (κ3) is 3.20. The topological polar surface area (TPSA) is 56.1 Å². The first-order valence-corrected chi connectivity index (χ1v) is 12.9. The number of hydrogen-bond donors (Lipinski definition) is 1. The molecule has 3 aromatic rings. The fourth-order valence-corrected chi connectivity index (χ4v) is 4.65. The van der Waals surface area contributed by atoms with Gasteiger partial charge in [-0.1, -0.05) is 30.9 Å². The van der Waals surface area contributed by atoms with Crippen LogP contribution in [-0.4, -0.2) is 30.7 Å². The molecule has 7 heteroatoms. The van der Waals surface area contributed by atoms with E-state index in [1.54, 1.807) is 24.5 Å². The van der Waals surface area contributed by atoms with Crippen molar-refractivity contribution in [3.8, 4) is 0 Å². The molecule has 1 N–H and O–H groups in total. The van der Waals surface area contributed by atoms with Crippen LogP contribution in [0.3, 0.4) is 0 Å². The predicted octanol–water partition coefficient (Wildman–Crippen LogP) is 4.59. The van der Waals surface area contributed by atoms with Gasteiger partial charge in [0.1, 0.15) is 5.82 Å². The van der Waals surface area contributed by atoms with Gasteiger partial charge in [-0.05, 0) is 31.0 Å². The molecule has 0 amide bonds. The molecule has 2 heterocycles. The number of halogens is 1. The number of rotatable bonds is 5. The molecule has 1 saturated carbocycles. The van der Waals surface area contributed by atoms with Crippen LogP contribution in [0.25, 0.3) is 10.9 Å². The Morgan fingerprint density at radius 2 is 2.04 bits per heavy atom. The average molecular weight is 398 g/mol. The van der Waals surface area contributed by atoms with Crippen molar-refractivity contribution in [2.75, 3.05) is 12.4 Å². The SMILES string of the molecule is COC(=O)c1c(Nc2ccc([Si](C)(C)C)cc2F)c2cnccc2n1C1CC1. The number of nitrogens with zero attached hydrogens (tertiary/aromatic N) is 2. The molecule has 0 saturated heterocycles. The predicted molar refractivity (Wildman–Crippen MR) is 112 cm³/mol. The van der Waals surface area contributed by atoms with Crippen molar-refractivity contribution in [1.29, 1.82) is 0 Å². The highest BCUT2D eigenvalue weighted by Gasteiger charge is 2.33. The van der Waals surface area contributed by atoms with Crippen LogP contribution >= 0.6 is 0 Å². The summed E-state index contributed by atoms with van der Waals surface area (Å²) in [6, 6.07) is 7.46. The zero-order valence-electron chi connectivity index (χ0n) is 16.5. The first-order chi connectivity index (χ1) is 13.3. The van der Waals surface area contributed by atoms with Crippen molar-refractivity contribution < 1.29 is 13.9 Å². The molecule has 28 heavy (non-hydrogen) atoms. The van der Waals surface area contributed by atoms with Crippen LogP contribution in [0.4, 0.5) is 15.8 Å².